The van der Waals surface area contributed by atoms with E-state index in [0.29, 0.717) is 25.5 Å². The van der Waals surface area contributed by atoms with Gasteiger partial charge in [-0.05, 0) is 24.1 Å². The Bertz CT molecular complexity index is 952. The zero-order chi connectivity index (χ0) is 18.8. The van der Waals surface area contributed by atoms with Gasteiger partial charge in [0, 0.05) is 49.2 Å². The van der Waals surface area contributed by atoms with E-state index in [0.717, 1.165) is 35.6 Å². The highest BCUT2D eigenvalue weighted by atomic mass is 19.1. The minimum absolute atomic E-state index is 0.147. The summed E-state index contributed by atoms with van der Waals surface area (Å²) in [6.07, 6.45) is 4.50. The van der Waals surface area contributed by atoms with Crippen LogP contribution in [0.15, 0.2) is 48.8 Å². The number of fused-ring (bicyclic) bond motifs is 1. The fourth-order valence-electron chi connectivity index (χ4n) is 3.69. The summed E-state index contributed by atoms with van der Waals surface area (Å²) in [7, 11) is 2.00. The van der Waals surface area contributed by atoms with Gasteiger partial charge in [-0.3, -0.25) is 4.79 Å². The number of hydrogen-bond acceptors (Lipinski definition) is 3. The van der Waals surface area contributed by atoms with Gasteiger partial charge in [-0.1, -0.05) is 18.2 Å². The lowest BCUT2D eigenvalue weighted by Gasteiger charge is -2.16. The van der Waals surface area contributed by atoms with Crippen LogP contribution in [0, 0.1) is 11.7 Å². The van der Waals surface area contributed by atoms with Gasteiger partial charge >= 0.3 is 0 Å². The second-order valence-electron chi connectivity index (χ2n) is 7.08. The van der Waals surface area contributed by atoms with Crippen molar-refractivity contribution in [1.29, 1.82) is 0 Å². The molecule has 3 aromatic rings. The molecule has 1 saturated heterocycles. The summed E-state index contributed by atoms with van der Waals surface area (Å²) < 4.78 is 20.6. The third kappa shape index (κ3) is 3.79. The van der Waals surface area contributed by atoms with Crippen molar-refractivity contribution in [3.8, 4) is 5.88 Å². The van der Waals surface area contributed by atoms with Crippen LogP contribution >= 0.6 is 0 Å². The second-order valence-corrected chi connectivity index (χ2v) is 7.08. The van der Waals surface area contributed by atoms with Gasteiger partial charge in [-0.2, -0.15) is 0 Å². The van der Waals surface area contributed by atoms with E-state index in [1.807, 2.05) is 30.3 Å². The summed E-state index contributed by atoms with van der Waals surface area (Å²) >= 11 is 0. The molecule has 6 heteroatoms. The number of para-hydroxylation sites is 1. The van der Waals surface area contributed by atoms with E-state index < -0.39 is 0 Å². The van der Waals surface area contributed by atoms with Crippen LogP contribution in [0.25, 0.3) is 10.9 Å². The monoisotopic (exact) mass is 367 g/mol. The highest BCUT2D eigenvalue weighted by molar-refractivity contribution is 5.89. The largest absolute Gasteiger partial charge is 0.477 e. The van der Waals surface area contributed by atoms with Crippen LogP contribution in [0.5, 0.6) is 5.88 Å². The molecule has 1 aromatic carbocycles. The van der Waals surface area contributed by atoms with Crippen molar-refractivity contribution >= 4 is 16.8 Å². The zero-order valence-corrected chi connectivity index (χ0v) is 15.3. The Labute approximate surface area is 157 Å². The van der Waals surface area contributed by atoms with Crippen LogP contribution < -0.4 is 4.74 Å². The molecule has 1 aliphatic heterocycles. The summed E-state index contributed by atoms with van der Waals surface area (Å²) in [5, 5.41) is 1.13. The number of aromatic nitrogens is 2. The number of carbonyl (C=O) groups excluding carboxylic acids is 1. The van der Waals surface area contributed by atoms with Gasteiger partial charge in [0.2, 0.25) is 11.8 Å². The number of carbonyl (C=O) groups is 1. The standard InChI is InChI=1S/C21H22FN3O2/c1-24-13-16(18-4-2-3-5-19(18)24)10-21(26)25-9-8-15(12-25)14-27-20-7-6-17(22)11-23-20/h2-7,11,13,15H,8-10,12,14H2,1H3. The molecular formula is C21H22FN3O2. The Kier molecular flexibility index (Phi) is 4.79. The number of ether oxygens (including phenoxy) is 1. The van der Waals surface area contributed by atoms with Crippen molar-refractivity contribution in [2.75, 3.05) is 19.7 Å². The number of hydrogen-bond donors (Lipinski definition) is 0. The third-order valence-corrected chi connectivity index (χ3v) is 5.13. The first kappa shape index (κ1) is 17.5. The highest BCUT2D eigenvalue weighted by Crippen LogP contribution is 2.23. The Morgan fingerprint density at radius 2 is 2.15 bits per heavy atom. The normalized spacial score (nSPS) is 16.8. The van der Waals surface area contributed by atoms with Crippen molar-refractivity contribution in [1.82, 2.24) is 14.5 Å². The maximum atomic E-state index is 12.9. The number of pyridine rings is 1. The average molecular weight is 367 g/mol. The first-order chi connectivity index (χ1) is 13.1. The molecule has 1 amide bonds. The Morgan fingerprint density at radius 3 is 2.96 bits per heavy atom. The summed E-state index contributed by atoms with van der Waals surface area (Å²) in [5.74, 6) is 0.451. The Morgan fingerprint density at radius 1 is 1.30 bits per heavy atom. The molecule has 3 heterocycles. The lowest BCUT2D eigenvalue weighted by atomic mass is 10.1. The van der Waals surface area contributed by atoms with Crippen LogP contribution in [0.4, 0.5) is 4.39 Å². The first-order valence-electron chi connectivity index (χ1n) is 9.15. The molecular weight excluding hydrogens is 345 g/mol. The molecule has 1 fully saturated rings. The average Bonchev–Trinajstić information content (AvgIpc) is 3.27. The van der Waals surface area contributed by atoms with Gasteiger partial charge < -0.3 is 14.2 Å². The molecule has 140 valence electrons. The molecule has 27 heavy (non-hydrogen) atoms. The highest BCUT2D eigenvalue weighted by Gasteiger charge is 2.27. The number of nitrogens with zero attached hydrogens (tertiary/aromatic N) is 3. The van der Waals surface area contributed by atoms with E-state index in [1.54, 1.807) is 0 Å². The number of rotatable bonds is 5. The molecule has 2 aromatic heterocycles. The number of likely N-dealkylation sites (tertiary alicyclic amines) is 1. The minimum Gasteiger partial charge on any atom is -0.477 e. The number of amides is 1. The van der Waals surface area contributed by atoms with E-state index in [9.17, 15) is 9.18 Å². The molecule has 4 rings (SSSR count). The van der Waals surface area contributed by atoms with Gasteiger partial charge in [0.1, 0.15) is 5.82 Å². The van der Waals surface area contributed by atoms with Crippen LogP contribution in [-0.2, 0) is 18.3 Å². The van der Waals surface area contributed by atoms with E-state index in [4.69, 9.17) is 4.74 Å². The molecule has 0 spiro atoms. The third-order valence-electron chi connectivity index (χ3n) is 5.13. The Hall–Kier alpha value is -2.89. The fourth-order valence-corrected chi connectivity index (χ4v) is 3.69. The molecule has 1 aliphatic rings. The second kappa shape index (κ2) is 7.39. The van der Waals surface area contributed by atoms with Crippen LogP contribution in [0.1, 0.15) is 12.0 Å². The van der Waals surface area contributed by atoms with Crippen LogP contribution in [-0.4, -0.2) is 40.1 Å². The fraction of sp³-hybridized carbons (Fsp3) is 0.333. The number of benzene rings is 1. The van der Waals surface area contributed by atoms with Crippen molar-refractivity contribution in [3.05, 3.63) is 60.2 Å². The van der Waals surface area contributed by atoms with Crippen LogP contribution in [0.2, 0.25) is 0 Å². The van der Waals surface area contributed by atoms with E-state index in [2.05, 4.69) is 21.7 Å². The summed E-state index contributed by atoms with van der Waals surface area (Å²) in [5.41, 5.74) is 2.20. The minimum atomic E-state index is -0.381. The predicted octanol–water partition coefficient (Wildman–Crippen LogP) is 3.18. The molecule has 0 bridgehead atoms. The molecule has 1 atom stereocenters. The summed E-state index contributed by atoms with van der Waals surface area (Å²) in [4.78, 5) is 18.6. The van der Waals surface area contributed by atoms with Crippen molar-refractivity contribution in [3.63, 3.8) is 0 Å². The van der Waals surface area contributed by atoms with E-state index >= 15 is 0 Å². The number of halogens is 1. The number of aryl methyl sites for hydroxylation is 1. The van der Waals surface area contributed by atoms with Crippen molar-refractivity contribution in [2.45, 2.75) is 12.8 Å². The summed E-state index contributed by atoms with van der Waals surface area (Å²) in [6, 6.07) is 11.0. The lowest BCUT2D eigenvalue weighted by molar-refractivity contribution is -0.129. The SMILES string of the molecule is Cn1cc(CC(=O)N2CCC(COc3ccc(F)cn3)C2)c2ccccc21. The van der Waals surface area contributed by atoms with Crippen LogP contribution in [0.3, 0.4) is 0 Å². The van der Waals surface area contributed by atoms with Gasteiger partial charge in [0.15, 0.2) is 0 Å². The molecule has 5 nitrogen and oxygen atoms in total. The molecule has 0 aliphatic carbocycles. The van der Waals surface area contributed by atoms with E-state index in [-0.39, 0.29) is 17.6 Å². The smallest absolute Gasteiger partial charge is 0.227 e. The van der Waals surface area contributed by atoms with Gasteiger partial charge in [0.25, 0.3) is 0 Å². The van der Waals surface area contributed by atoms with Crippen molar-refractivity contribution < 1.29 is 13.9 Å². The quantitative estimate of drug-likeness (QED) is 0.696. The Balaban J connectivity index is 1.34. The maximum Gasteiger partial charge on any atom is 0.227 e. The van der Waals surface area contributed by atoms with Crippen molar-refractivity contribution in [2.24, 2.45) is 13.0 Å². The maximum absolute atomic E-state index is 12.9. The zero-order valence-electron chi connectivity index (χ0n) is 15.3. The molecule has 1 unspecified atom stereocenters. The van der Waals surface area contributed by atoms with Gasteiger partial charge in [-0.25, -0.2) is 9.37 Å². The van der Waals surface area contributed by atoms with E-state index in [1.165, 1.54) is 12.1 Å². The molecule has 0 saturated carbocycles. The van der Waals surface area contributed by atoms with Gasteiger partial charge in [0.05, 0.1) is 19.2 Å². The molecule has 0 radical (unpaired) electrons. The molecule has 0 N–H and O–H groups in total. The topological polar surface area (TPSA) is 47.4 Å². The predicted molar refractivity (Wildman–Crippen MR) is 101 cm³/mol. The van der Waals surface area contributed by atoms with Gasteiger partial charge in [-0.15, -0.1) is 0 Å². The lowest BCUT2D eigenvalue weighted by Crippen LogP contribution is -2.30. The first-order valence-corrected chi connectivity index (χ1v) is 9.15. The summed E-state index contributed by atoms with van der Waals surface area (Å²) in [6.45, 7) is 1.91.